The predicted octanol–water partition coefficient (Wildman–Crippen LogP) is 2.69. The lowest BCUT2D eigenvalue weighted by atomic mass is 10.1. The summed E-state index contributed by atoms with van der Waals surface area (Å²) in [4.78, 5) is 27.0. The molecule has 0 saturated carbocycles. The van der Waals surface area contributed by atoms with E-state index in [0.717, 1.165) is 17.0 Å². The van der Waals surface area contributed by atoms with Crippen LogP contribution in [0.15, 0.2) is 54.2 Å². The highest BCUT2D eigenvalue weighted by atomic mass is 16.5. The minimum atomic E-state index is -0.315. The molecule has 2 heterocycles. The summed E-state index contributed by atoms with van der Waals surface area (Å²) in [5.74, 6) is 0.382. The van der Waals surface area contributed by atoms with Gasteiger partial charge >= 0.3 is 0 Å². The molecule has 1 N–H and O–H groups in total. The number of nitrogens with one attached hydrogen (secondary N) is 1. The van der Waals surface area contributed by atoms with Crippen LogP contribution in [0.4, 0.5) is 0 Å². The number of hydrogen-bond acceptors (Lipinski definition) is 4. The van der Waals surface area contributed by atoms with Gasteiger partial charge in [-0.15, -0.1) is 0 Å². The topological polar surface area (TPSA) is 68.3 Å². The lowest BCUT2D eigenvalue weighted by Gasteiger charge is -2.12. The average molecular weight is 322 g/mol. The Balaban J connectivity index is 1.60. The van der Waals surface area contributed by atoms with Crippen molar-refractivity contribution in [2.75, 3.05) is 6.61 Å². The number of hydrogen-bond donors (Lipinski definition) is 1. The number of aromatic nitrogens is 1. The third-order valence-electron chi connectivity index (χ3n) is 3.81. The number of amides is 2. The molecule has 24 heavy (non-hydrogen) atoms. The van der Waals surface area contributed by atoms with Crippen LogP contribution in [0.5, 0.6) is 5.75 Å². The van der Waals surface area contributed by atoms with Crippen LogP contribution in [-0.2, 0) is 9.59 Å². The van der Waals surface area contributed by atoms with Gasteiger partial charge in [0, 0.05) is 23.4 Å². The van der Waals surface area contributed by atoms with E-state index in [0.29, 0.717) is 12.2 Å². The highest BCUT2D eigenvalue weighted by Gasteiger charge is 2.23. The van der Waals surface area contributed by atoms with Crippen LogP contribution in [0.3, 0.4) is 0 Å². The van der Waals surface area contributed by atoms with E-state index in [1.807, 2.05) is 42.5 Å². The quantitative estimate of drug-likeness (QED) is 0.679. The van der Waals surface area contributed by atoms with Gasteiger partial charge in [-0.1, -0.05) is 25.1 Å². The van der Waals surface area contributed by atoms with E-state index in [1.54, 1.807) is 12.3 Å². The molecular formula is C19H18N2O3. The SMILES string of the molecule is CC(COc1ccc(/C=C2\CC(=O)NC2=O)cc1)c1ccccn1. The fourth-order valence-electron chi connectivity index (χ4n) is 2.46. The van der Waals surface area contributed by atoms with Crippen LogP contribution in [0.25, 0.3) is 6.08 Å². The normalized spacial score (nSPS) is 17.0. The Morgan fingerprint density at radius 2 is 2.00 bits per heavy atom. The zero-order valence-electron chi connectivity index (χ0n) is 13.4. The summed E-state index contributed by atoms with van der Waals surface area (Å²) in [6, 6.07) is 13.3. The number of nitrogens with zero attached hydrogens (tertiary/aromatic N) is 1. The first-order valence-corrected chi connectivity index (χ1v) is 7.80. The third kappa shape index (κ3) is 3.87. The molecule has 3 rings (SSSR count). The molecule has 1 aromatic carbocycles. The fraction of sp³-hybridized carbons (Fsp3) is 0.211. The van der Waals surface area contributed by atoms with Gasteiger partial charge in [0.1, 0.15) is 5.75 Å². The average Bonchev–Trinajstić information content (AvgIpc) is 2.92. The minimum Gasteiger partial charge on any atom is -0.493 e. The lowest BCUT2D eigenvalue weighted by Crippen LogP contribution is -2.19. The summed E-state index contributed by atoms with van der Waals surface area (Å²) < 4.78 is 5.79. The zero-order valence-corrected chi connectivity index (χ0v) is 13.4. The molecular weight excluding hydrogens is 304 g/mol. The smallest absolute Gasteiger partial charge is 0.254 e. The van der Waals surface area contributed by atoms with Crippen LogP contribution in [0, 0.1) is 0 Å². The van der Waals surface area contributed by atoms with E-state index in [-0.39, 0.29) is 24.2 Å². The van der Waals surface area contributed by atoms with Crippen molar-refractivity contribution in [3.63, 3.8) is 0 Å². The molecule has 2 aromatic rings. The van der Waals surface area contributed by atoms with Crippen LogP contribution in [0.1, 0.15) is 30.5 Å². The molecule has 0 spiro atoms. The second-order valence-corrected chi connectivity index (χ2v) is 5.76. The number of carbonyl (C=O) groups is 2. The van der Waals surface area contributed by atoms with Gasteiger partial charge < -0.3 is 4.74 Å². The Morgan fingerprint density at radius 3 is 2.62 bits per heavy atom. The first kappa shape index (κ1) is 15.9. The standard InChI is InChI=1S/C19H18N2O3/c1-13(17-4-2-3-9-20-17)12-24-16-7-5-14(6-8-16)10-15-11-18(22)21-19(15)23/h2-10,13H,11-12H2,1H3,(H,21,22,23)/b15-10+. The van der Waals surface area contributed by atoms with Crippen molar-refractivity contribution in [2.45, 2.75) is 19.3 Å². The van der Waals surface area contributed by atoms with E-state index >= 15 is 0 Å². The molecule has 5 heteroatoms. The Morgan fingerprint density at radius 1 is 1.21 bits per heavy atom. The first-order valence-electron chi connectivity index (χ1n) is 7.80. The highest BCUT2D eigenvalue weighted by molar-refractivity contribution is 6.15. The van der Waals surface area contributed by atoms with E-state index < -0.39 is 0 Å². The van der Waals surface area contributed by atoms with E-state index in [1.165, 1.54) is 0 Å². The fourth-order valence-corrected chi connectivity index (χ4v) is 2.46. The Kier molecular flexibility index (Phi) is 4.70. The molecule has 0 radical (unpaired) electrons. The van der Waals surface area contributed by atoms with Crippen LogP contribution in [0.2, 0.25) is 0 Å². The van der Waals surface area contributed by atoms with Gasteiger partial charge in [0.2, 0.25) is 5.91 Å². The van der Waals surface area contributed by atoms with Crippen LogP contribution in [-0.4, -0.2) is 23.4 Å². The molecule has 1 aromatic heterocycles. The lowest BCUT2D eigenvalue weighted by molar-refractivity contribution is -0.124. The Labute approximate surface area is 140 Å². The number of carbonyl (C=O) groups excluding carboxylic acids is 2. The van der Waals surface area contributed by atoms with E-state index in [2.05, 4.69) is 17.2 Å². The monoisotopic (exact) mass is 322 g/mol. The second-order valence-electron chi connectivity index (χ2n) is 5.76. The number of rotatable bonds is 5. The maximum absolute atomic E-state index is 11.5. The van der Waals surface area contributed by atoms with Gasteiger partial charge in [-0.3, -0.25) is 19.9 Å². The summed E-state index contributed by atoms with van der Waals surface area (Å²) in [6.07, 6.45) is 3.64. The maximum Gasteiger partial charge on any atom is 0.254 e. The number of pyridine rings is 1. The largest absolute Gasteiger partial charge is 0.493 e. The molecule has 5 nitrogen and oxygen atoms in total. The predicted molar refractivity (Wildman–Crippen MR) is 90.3 cm³/mol. The highest BCUT2D eigenvalue weighted by Crippen LogP contribution is 2.19. The molecule has 1 atom stereocenters. The first-order chi connectivity index (χ1) is 11.6. The van der Waals surface area contributed by atoms with Crippen molar-refractivity contribution in [1.29, 1.82) is 0 Å². The molecule has 122 valence electrons. The molecule has 1 saturated heterocycles. The van der Waals surface area contributed by atoms with Crippen molar-refractivity contribution < 1.29 is 14.3 Å². The Hall–Kier alpha value is -2.95. The summed E-state index contributed by atoms with van der Waals surface area (Å²) >= 11 is 0. The maximum atomic E-state index is 11.5. The number of ether oxygens (including phenoxy) is 1. The van der Waals surface area contributed by atoms with E-state index in [9.17, 15) is 9.59 Å². The Bertz CT molecular complexity index is 767. The van der Waals surface area contributed by atoms with Gasteiger partial charge in [0.05, 0.1) is 13.0 Å². The second kappa shape index (κ2) is 7.08. The molecule has 1 fully saturated rings. The van der Waals surface area contributed by atoms with Crippen molar-refractivity contribution in [3.8, 4) is 5.75 Å². The summed E-state index contributed by atoms with van der Waals surface area (Å²) in [5.41, 5.74) is 2.34. The van der Waals surface area contributed by atoms with Gasteiger partial charge in [0.15, 0.2) is 0 Å². The van der Waals surface area contributed by atoms with Crippen molar-refractivity contribution in [3.05, 3.63) is 65.5 Å². The van der Waals surface area contributed by atoms with Gasteiger partial charge in [-0.25, -0.2) is 0 Å². The van der Waals surface area contributed by atoms with Gasteiger partial charge in [-0.05, 0) is 35.9 Å². The van der Waals surface area contributed by atoms with Crippen molar-refractivity contribution in [1.82, 2.24) is 10.3 Å². The molecule has 1 aliphatic rings. The van der Waals surface area contributed by atoms with Crippen molar-refractivity contribution >= 4 is 17.9 Å². The van der Waals surface area contributed by atoms with Gasteiger partial charge in [-0.2, -0.15) is 0 Å². The summed E-state index contributed by atoms with van der Waals surface area (Å²) in [5, 5.41) is 2.27. The van der Waals surface area contributed by atoms with Crippen molar-refractivity contribution in [2.24, 2.45) is 0 Å². The molecule has 0 aliphatic carbocycles. The molecule has 1 unspecified atom stereocenters. The number of imide groups is 1. The number of benzene rings is 1. The third-order valence-corrected chi connectivity index (χ3v) is 3.81. The molecule has 1 aliphatic heterocycles. The minimum absolute atomic E-state index is 0.138. The molecule has 2 amide bonds. The molecule has 0 bridgehead atoms. The summed E-state index contributed by atoms with van der Waals surface area (Å²) in [6.45, 7) is 2.60. The zero-order chi connectivity index (χ0) is 16.9. The van der Waals surface area contributed by atoms with Gasteiger partial charge in [0.25, 0.3) is 5.91 Å². The van der Waals surface area contributed by atoms with Crippen LogP contribution >= 0.6 is 0 Å². The van der Waals surface area contributed by atoms with Crippen LogP contribution < -0.4 is 10.1 Å². The van der Waals surface area contributed by atoms with E-state index in [4.69, 9.17) is 4.74 Å². The summed E-state index contributed by atoms with van der Waals surface area (Å²) in [7, 11) is 0.